The fourth-order valence-corrected chi connectivity index (χ4v) is 6.76. The van der Waals surface area contributed by atoms with Crippen molar-refractivity contribution in [3.63, 3.8) is 0 Å². The highest BCUT2D eigenvalue weighted by Gasteiger charge is 2.57. The van der Waals surface area contributed by atoms with Gasteiger partial charge in [-0.2, -0.15) is 0 Å². The van der Waals surface area contributed by atoms with Crippen LogP contribution in [0.25, 0.3) is 10.4 Å². The summed E-state index contributed by atoms with van der Waals surface area (Å²) in [6.45, 7) is 4.36. The molecule has 0 aliphatic carbocycles. The van der Waals surface area contributed by atoms with Crippen LogP contribution in [-0.2, 0) is 52.3 Å². The Hall–Kier alpha value is -3.89. The summed E-state index contributed by atoms with van der Waals surface area (Å²) in [6, 6.07) is 5.97. The lowest BCUT2D eigenvalue weighted by Crippen LogP contribution is -2.66. The van der Waals surface area contributed by atoms with Crippen LogP contribution < -0.4 is 5.32 Å². The highest BCUT2D eigenvalue weighted by Crippen LogP contribution is 2.43. The first kappa shape index (κ1) is 33.0. The minimum absolute atomic E-state index is 0.0526. The number of amides is 1. The Kier molecular flexibility index (Phi) is 11.0. The molecule has 0 radical (unpaired) electrons. The summed E-state index contributed by atoms with van der Waals surface area (Å²) in [6.07, 6.45) is -6.49. The molecule has 44 heavy (non-hydrogen) atoms. The molecule has 2 bridgehead atoms. The van der Waals surface area contributed by atoms with Crippen molar-refractivity contribution in [2.75, 3.05) is 13.2 Å². The van der Waals surface area contributed by atoms with Gasteiger partial charge in [-0.25, -0.2) is 4.79 Å². The van der Waals surface area contributed by atoms with Gasteiger partial charge in [-0.15, -0.1) is 11.8 Å². The van der Waals surface area contributed by atoms with E-state index in [0.717, 1.165) is 25.6 Å². The summed E-state index contributed by atoms with van der Waals surface area (Å²) < 4.78 is 40.0. The van der Waals surface area contributed by atoms with Gasteiger partial charge in [-0.3, -0.25) is 19.2 Å². The predicted octanol–water partition coefficient (Wildman–Crippen LogP) is 1.40. The average Bonchev–Trinajstić information content (AvgIpc) is 3.40. The van der Waals surface area contributed by atoms with Crippen molar-refractivity contribution in [2.45, 2.75) is 87.3 Å². The minimum atomic E-state index is -1.29. The van der Waals surface area contributed by atoms with Crippen LogP contribution in [0, 0.1) is 0 Å². The van der Waals surface area contributed by atoms with E-state index in [4.69, 9.17) is 33.2 Å². The minimum Gasteiger partial charge on any atom is -0.463 e. The van der Waals surface area contributed by atoms with Gasteiger partial charge in [-0.05, 0) is 17.7 Å². The van der Waals surface area contributed by atoms with Crippen LogP contribution in [0.4, 0.5) is 0 Å². The molecule has 17 heteroatoms. The summed E-state index contributed by atoms with van der Waals surface area (Å²) in [5.74, 6) is -3.34. The number of hydrogen-bond donors (Lipinski definition) is 1. The third-order valence-electron chi connectivity index (χ3n) is 6.84. The van der Waals surface area contributed by atoms with E-state index in [-0.39, 0.29) is 12.2 Å². The Labute approximate surface area is 255 Å². The van der Waals surface area contributed by atoms with Gasteiger partial charge in [0, 0.05) is 32.6 Å². The van der Waals surface area contributed by atoms with Gasteiger partial charge in [0.1, 0.15) is 36.3 Å². The van der Waals surface area contributed by atoms with Crippen LogP contribution in [0.2, 0.25) is 0 Å². The van der Waals surface area contributed by atoms with Crippen molar-refractivity contribution in [1.29, 1.82) is 0 Å². The van der Waals surface area contributed by atoms with Gasteiger partial charge in [-0.1, -0.05) is 23.3 Å². The number of nitrogens with zero attached hydrogens (tertiary/aromatic N) is 3. The molecule has 1 aromatic rings. The third-order valence-corrected chi connectivity index (χ3v) is 8.40. The molecule has 3 saturated heterocycles. The van der Waals surface area contributed by atoms with E-state index in [1.807, 2.05) is 0 Å². The van der Waals surface area contributed by atoms with Gasteiger partial charge in [0.25, 0.3) is 0 Å². The van der Waals surface area contributed by atoms with E-state index in [2.05, 4.69) is 15.3 Å². The first-order valence-electron chi connectivity index (χ1n) is 13.6. The largest absolute Gasteiger partial charge is 0.463 e. The molecular weight excluding hydrogens is 604 g/mol. The van der Waals surface area contributed by atoms with Crippen molar-refractivity contribution in [3.8, 4) is 0 Å². The number of azide groups is 1. The van der Waals surface area contributed by atoms with Crippen LogP contribution in [0.1, 0.15) is 38.1 Å². The molecular formula is C27H32N4O12S. The van der Waals surface area contributed by atoms with E-state index in [1.54, 1.807) is 30.3 Å². The maximum Gasteiger partial charge on any atom is 0.338 e. The van der Waals surface area contributed by atoms with Gasteiger partial charge in [0.15, 0.2) is 18.5 Å². The van der Waals surface area contributed by atoms with Crippen LogP contribution in [0.5, 0.6) is 0 Å². The molecule has 0 unspecified atom stereocenters. The summed E-state index contributed by atoms with van der Waals surface area (Å²) in [5, 5.41) is 5.70. The maximum atomic E-state index is 13.2. The van der Waals surface area contributed by atoms with Crippen molar-refractivity contribution >= 4 is 41.5 Å². The number of carbonyl (C=O) groups excluding carboxylic acids is 5. The Morgan fingerprint density at radius 1 is 0.955 bits per heavy atom. The Morgan fingerprint density at radius 2 is 1.64 bits per heavy atom. The van der Waals surface area contributed by atoms with Gasteiger partial charge < -0.3 is 38.5 Å². The Morgan fingerprint density at radius 3 is 2.25 bits per heavy atom. The molecule has 1 amide bonds. The molecule has 3 fully saturated rings. The monoisotopic (exact) mass is 636 g/mol. The molecule has 0 spiro atoms. The highest BCUT2D eigenvalue weighted by atomic mass is 32.2. The molecule has 3 aliphatic heterocycles. The van der Waals surface area contributed by atoms with E-state index < -0.39 is 96.0 Å². The second-order valence-corrected chi connectivity index (χ2v) is 11.4. The Balaban J connectivity index is 1.72. The number of carbonyl (C=O) groups is 5. The number of hydrogen-bond acceptors (Lipinski definition) is 14. The van der Waals surface area contributed by atoms with Crippen LogP contribution in [0.3, 0.4) is 0 Å². The fraction of sp³-hybridized carbons (Fsp3) is 0.593. The first-order chi connectivity index (χ1) is 21.0. The average molecular weight is 637 g/mol. The third kappa shape index (κ3) is 7.98. The summed E-state index contributed by atoms with van der Waals surface area (Å²) in [5.41, 5.74) is 8.48. The molecule has 1 N–H and O–H groups in total. The zero-order chi connectivity index (χ0) is 32.0. The number of esters is 4. The summed E-state index contributed by atoms with van der Waals surface area (Å²) in [7, 11) is 0. The van der Waals surface area contributed by atoms with E-state index in [9.17, 15) is 29.5 Å². The number of benzene rings is 1. The number of thioether (sulfide) groups is 1. The second kappa shape index (κ2) is 14.7. The number of rotatable bonds is 10. The summed E-state index contributed by atoms with van der Waals surface area (Å²) in [4.78, 5) is 64.4. The van der Waals surface area contributed by atoms with Crippen molar-refractivity contribution in [3.05, 3.63) is 46.3 Å². The predicted molar refractivity (Wildman–Crippen MR) is 149 cm³/mol. The Bertz CT molecular complexity index is 1290. The summed E-state index contributed by atoms with van der Waals surface area (Å²) >= 11 is 1.04. The molecule has 4 rings (SSSR count). The van der Waals surface area contributed by atoms with Crippen LogP contribution in [0.15, 0.2) is 35.4 Å². The van der Waals surface area contributed by atoms with Crippen LogP contribution >= 0.6 is 11.8 Å². The van der Waals surface area contributed by atoms with Gasteiger partial charge >= 0.3 is 23.9 Å². The van der Waals surface area contributed by atoms with E-state index in [1.165, 1.54) is 13.8 Å². The molecule has 0 saturated carbocycles. The smallest absolute Gasteiger partial charge is 0.338 e. The quantitative estimate of drug-likeness (QED) is 0.127. The van der Waals surface area contributed by atoms with Crippen molar-refractivity contribution in [2.24, 2.45) is 5.11 Å². The SMILES string of the molecule is CC(=O)N[C@@H]1[C@@H](OC(C)=O)[C@H](OC(C)=O)[C@@H](COC(C)=O)O[C@H]1S[C@H]1[C@H](OC(=O)c2ccccc2)[C@@H](N=[N+]=[N-])[C@@H]2OC[C@H]1O2. The highest BCUT2D eigenvalue weighted by molar-refractivity contribution is 8.00. The standard InChI is InChI=1S/C27H32N4O12S/c1-12(32)29-20-22(40-15(4)35)21(39-14(3)34)17(10-37-13(2)33)42-27(20)44-24-18-11-38-26(41-18)19(30-31-28)23(24)43-25(36)16-8-6-5-7-9-16/h5-9,17-24,26-27H,10-11H2,1-4H3,(H,29,32)/t17-,18-,19-,20-,21-,22-,23-,24-,26-,27+/m1/s1. The molecule has 3 heterocycles. The lowest BCUT2D eigenvalue weighted by atomic mass is 9.97. The number of fused-ring (bicyclic) bond motifs is 2. The van der Waals surface area contributed by atoms with Crippen LogP contribution in [-0.4, -0.2) is 103 Å². The number of nitrogens with one attached hydrogen (secondary N) is 1. The molecule has 10 atom stereocenters. The zero-order valence-corrected chi connectivity index (χ0v) is 25.0. The van der Waals surface area contributed by atoms with Gasteiger partial charge in [0.2, 0.25) is 5.91 Å². The lowest BCUT2D eigenvalue weighted by Gasteiger charge is -2.47. The first-order valence-corrected chi connectivity index (χ1v) is 14.6. The molecule has 16 nitrogen and oxygen atoms in total. The molecule has 3 aliphatic rings. The number of ether oxygens (including phenoxy) is 7. The van der Waals surface area contributed by atoms with Crippen molar-refractivity contribution in [1.82, 2.24) is 5.32 Å². The molecule has 0 aromatic heterocycles. The normalized spacial score (nSPS) is 32.4. The fourth-order valence-electron chi connectivity index (χ4n) is 5.16. The second-order valence-electron chi connectivity index (χ2n) is 10.1. The lowest BCUT2D eigenvalue weighted by molar-refractivity contribution is -0.212. The zero-order valence-electron chi connectivity index (χ0n) is 24.2. The molecule has 1 aromatic carbocycles. The van der Waals surface area contributed by atoms with Crippen molar-refractivity contribution < 1.29 is 57.1 Å². The van der Waals surface area contributed by atoms with E-state index in [0.29, 0.717) is 0 Å². The molecule has 238 valence electrons. The van der Waals surface area contributed by atoms with Gasteiger partial charge in [0.05, 0.1) is 23.5 Å². The maximum absolute atomic E-state index is 13.2. The van der Waals surface area contributed by atoms with E-state index >= 15 is 0 Å². The topological polar surface area (TPSA) is 211 Å².